The van der Waals surface area contributed by atoms with Crippen LogP contribution in [0.4, 0.5) is 0 Å². The summed E-state index contributed by atoms with van der Waals surface area (Å²) in [4.78, 5) is 2.56. The molecule has 2 aliphatic rings. The lowest BCUT2D eigenvalue weighted by Gasteiger charge is -2.49. The SMILES string of the molecule is CCC1CC2CC(C1)CC(C)(CN(C)Cc1ccc(C)cc1)C2. The van der Waals surface area contributed by atoms with Crippen LogP contribution in [0.25, 0.3) is 0 Å². The first kappa shape index (κ1) is 17.0. The molecule has 2 fully saturated rings. The molecule has 1 aromatic rings. The van der Waals surface area contributed by atoms with Crippen molar-refractivity contribution in [1.29, 1.82) is 0 Å². The van der Waals surface area contributed by atoms with Gasteiger partial charge in [-0.15, -0.1) is 0 Å². The maximum absolute atomic E-state index is 2.56. The quantitative estimate of drug-likeness (QED) is 0.677. The largest absolute Gasteiger partial charge is 0.302 e. The van der Waals surface area contributed by atoms with Crippen LogP contribution in [-0.4, -0.2) is 18.5 Å². The number of nitrogens with zero attached hydrogens (tertiary/aromatic N) is 1. The zero-order valence-corrected chi connectivity index (χ0v) is 15.6. The molecule has 1 heteroatoms. The first-order chi connectivity index (χ1) is 11.0. The molecule has 0 heterocycles. The number of hydrogen-bond donors (Lipinski definition) is 0. The molecular formula is C22H35N. The van der Waals surface area contributed by atoms with Gasteiger partial charge in [0.2, 0.25) is 0 Å². The van der Waals surface area contributed by atoms with Gasteiger partial charge in [-0.05, 0) is 74.8 Å². The van der Waals surface area contributed by atoms with Crippen molar-refractivity contribution in [3.05, 3.63) is 35.4 Å². The third kappa shape index (κ3) is 4.38. The highest BCUT2D eigenvalue weighted by molar-refractivity contribution is 5.21. The Labute approximate surface area is 143 Å². The normalized spacial score (nSPS) is 33.9. The van der Waals surface area contributed by atoms with E-state index in [1.807, 2.05) is 0 Å². The predicted molar refractivity (Wildman–Crippen MR) is 99.5 cm³/mol. The smallest absolute Gasteiger partial charge is 0.0230 e. The van der Waals surface area contributed by atoms with Crippen LogP contribution >= 0.6 is 0 Å². The van der Waals surface area contributed by atoms with E-state index in [1.54, 1.807) is 0 Å². The van der Waals surface area contributed by atoms with E-state index in [0.29, 0.717) is 5.41 Å². The fourth-order valence-corrected chi connectivity index (χ4v) is 5.69. The molecule has 0 N–H and O–H groups in total. The summed E-state index contributed by atoms with van der Waals surface area (Å²) in [6.07, 6.45) is 8.84. The van der Waals surface area contributed by atoms with Gasteiger partial charge in [-0.3, -0.25) is 0 Å². The zero-order chi connectivity index (χ0) is 16.4. The average molecular weight is 314 g/mol. The Morgan fingerprint density at radius 2 is 1.65 bits per heavy atom. The highest BCUT2D eigenvalue weighted by Gasteiger charge is 2.41. The summed E-state index contributed by atoms with van der Waals surface area (Å²) in [5.74, 6) is 3.03. The number of rotatable bonds is 5. The first-order valence-electron chi connectivity index (χ1n) is 9.70. The standard InChI is InChI=1S/C22H35N/c1-5-18-10-20-12-21(11-18)14-22(3,13-20)16-23(4)15-19-8-6-17(2)7-9-19/h6-9,18,20-21H,5,10-16H2,1-4H3. The second-order valence-corrected chi connectivity index (χ2v) is 9.09. The minimum Gasteiger partial charge on any atom is -0.302 e. The van der Waals surface area contributed by atoms with Crippen LogP contribution in [0.2, 0.25) is 0 Å². The molecule has 0 amide bonds. The van der Waals surface area contributed by atoms with Gasteiger partial charge in [-0.1, -0.05) is 50.1 Å². The van der Waals surface area contributed by atoms with E-state index in [9.17, 15) is 0 Å². The van der Waals surface area contributed by atoms with Crippen molar-refractivity contribution in [2.45, 2.75) is 65.8 Å². The fourth-order valence-electron chi connectivity index (χ4n) is 5.69. The minimum absolute atomic E-state index is 0.533. The number of aryl methyl sites for hydroxylation is 1. The van der Waals surface area contributed by atoms with Crippen molar-refractivity contribution < 1.29 is 0 Å². The van der Waals surface area contributed by atoms with Crippen LogP contribution in [0.3, 0.4) is 0 Å². The minimum atomic E-state index is 0.533. The van der Waals surface area contributed by atoms with Crippen LogP contribution in [0, 0.1) is 30.1 Å². The lowest BCUT2D eigenvalue weighted by molar-refractivity contribution is 0.0202. The van der Waals surface area contributed by atoms with E-state index in [0.717, 1.165) is 24.3 Å². The van der Waals surface area contributed by atoms with E-state index >= 15 is 0 Å². The molecule has 23 heavy (non-hydrogen) atoms. The lowest BCUT2D eigenvalue weighted by atomic mass is 9.59. The Morgan fingerprint density at radius 1 is 1.04 bits per heavy atom. The lowest BCUT2D eigenvalue weighted by Crippen LogP contribution is -2.42. The summed E-state index contributed by atoms with van der Waals surface area (Å²) in [7, 11) is 2.31. The van der Waals surface area contributed by atoms with Gasteiger partial charge in [0.05, 0.1) is 0 Å². The zero-order valence-electron chi connectivity index (χ0n) is 15.6. The van der Waals surface area contributed by atoms with E-state index in [2.05, 4.69) is 57.0 Å². The molecule has 0 aromatic heterocycles. The summed E-state index contributed by atoms with van der Waals surface area (Å²) in [6.45, 7) is 9.46. The summed E-state index contributed by atoms with van der Waals surface area (Å²) in [5.41, 5.74) is 3.34. The van der Waals surface area contributed by atoms with Gasteiger partial charge in [-0.2, -0.15) is 0 Å². The van der Waals surface area contributed by atoms with Crippen molar-refractivity contribution in [2.24, 2.45) is 23.2 Å². The summed E-state index contributed by atoms with van der Waals surface area (Å²) >= 11 is 0. The third-order valence-corrected chi connectivity index (χ3v) is 6.37. The monoisotopic (exact) mass is 313 g/mol. The van der Waals surface area contributed by atoms with Gasteiger partial charge in [0, 0.05) is 13.1 Å². The predicted octanol–water partition coefficient (Wildman–Crippen LogP) is 5.67. The van der Waals surface area contributed by atoms with Crippen molar-refractivity contribution >= 4 is 0 Å². The molecule has 128 valence electrons. The van der Waals surface area contributed by atoms with E-state index in [-0.39, 0.29) is 0 Å². The van der Waals surface area contributed by atoms with Crippen molar-refractivity contribution in [3.63, 3.8) is 0 Å². The van der Waals surface area contributed by atoms with Crippen LogP contribution < -0.4 is 0 Å². The molecule has 2 aliphatic carbocycles. The van der Waals surface area contributed by atoms with Crippen molar-refractivity contribution in [3.8, 4) is 0 Å². The third-order valence-electron chi connectivity index (χ3n) is 6.37. The molecule has 3 rings (SSSR count). The second kappa shape index (κ2) is 6.97. The maximum Gasteiger partial charge on any atom is 0.0230 e. The maximum atomic E-state index is 2.56. The van der Waals surface area contributed by atoms with Gasteiger partial charge in [-0.25, -0.2) is 0 Å². The average Bonchev–Trinajstić information content (AvgIpc) is 2.47. The van der Waals surface area contributed by atoms with E-state index < -0.39 is 0 Å². The van der Waals surface area contributed by atoms with Gasteiger partial charge in [0.1, 0.15) is 0 Å². The topological polar surface area (TPSA) is 3.24 Å². The molecule has 2 unspecified atom stereocenters. The van der Waals surface area contributed by atoms with Crippen LogP contribution in [0.15, 0.2) is 24.3 Å². The van der Waals surface area contributed by atoms with Crippen molar-refractivity contribution in [2.75, 3.05) is 13.6 Å². The number of benzene rings is 1. The Bertz CT molecular complexity index is 489. The highest BCUT2D eigenvalue weighted by Crippen LogP contribution is 2.51. The first-order valence-corrected chi connectivity index (χ1v) is 9.70. The van der Waals surface area contributed by atoms with Crippen LogP contribution in [0.1, 0.15) is 63.5 Å². The van der Waals surface area contributed by atoms with Gasteiger partial charge in [0.25, 0.3) is 0 Å². The molecule has 0 saturated heterocycles. The van der Waals surface area contributed by atoms with E-state index in [4.69, 9.17) is 0 Å². The highest BCUT2D eigenvalue weighted by atomic mass is 15.1. The Hall–Kier alpha value is -0.820. The molecule has 2 atom stereocenters. The molecule has 0 spiro atoms. The second-order valence-electron chi connectivity index (χ2n) is 9.09. The Kier molecular flexibility index (Phi) is 5.16. The Morgan fingerprint density at radius 3 is 2.22 bits per heavy atom. The fraction of sp³-hybridized carbons (Fsp3) is 0.727. The summed E-state index contributed by atoms with van der Waals surface area (Å²) in [5, 5.41) is 0. The summed E-state index contributed by atoms with van der Waals surface area (Å²) in [6, 6.07) is 9.05. The molecule has 2 saturated carbocycles. The molecule has 0 radical (unpaired) electrons. The van der Waals surface area contributed by atoms with Crippen LogP contribution in [0.5, 0.6) is 0 Å². The molecule has 1 aromatic carbocycles. The van der Waals surface area contributed by atoms with Crippen molar-refractivity contribution in [1.82, 2.24) is 4.90 Å². The van der Waals surface area contributed by atoms with Crippen LogP contribution in [-0.2, 0) is 6.54 Å². The molecule has 2 bridgehead atoms. The Balaban J connectivity index is 1.57. The molecule has 0 aliphatic heterocycles. The van der Waals surface area contributed by atoms with Gasteiger partial charge >= 0.3 is 0 Å². The van der Waals surface area contributed by atoms with Gasteiger partial charge < -0.3 is 4.90 Å². The number of hydrogen-bond acceptors (Lipinski definition) is 1. The molecular weight excluding hydrogens is 278 g/mol. The summed E-state index contributed by atoms with van der Waals surface area (Å²) < 4.78 is 0. The number of fused-ring (bicyclic) bond motifs is 2. The van der Waals surface area contributed by atoms with E-state index in [1.165, 1.54) is 56.2 Å². The van der Waals surface area contributed by atoms with Gasteiger partial charge in [0.15, 0.2) is 0 Å². The molecule has 1 nitrogen and oxygen atoms in total.